The second kappa shape index (κ2) is 5.46. The average Bonchev–Trinajstić information content (AvgIpc) is 2.50. The first kappa shape index (κ1) is 12.9. The van der Waals surface area contributed by atoms with Gasteiger partial charge in [0.2, 0.25) is 0 Å². The Hall–Kier alpha value is -2.15. The molecule has 3 rings (SSSR count). The molecule has 0 saturated carbocycles. The van der Waals surface area contributed by atoms with Gasteiger partial charge in [0.25, 0.3) is 0 Å². The van der Waals surface area contributed by atoms with E-state index in [0.29, 0.717) is 0 Å². The SMILES string of the molecule is CCCCc1cccc2cc3ccccc3c(C=O)c12. The van der Waals surface area contributed by atoms with Crippen molar-refractivity contribution in [1.82, 2.24) is 0 Å². The predicted octanol–water partition coefficient (Wildman–Crippen LogP) is 5.15. The number of benzene rings is 3. The monoisotopic (exact) mass is 262 g/mol. The molecule has 0 N–H and O–H groups in total. The Bertz CT molecular complexity index is 771. The molecular weight excluding hydrogens is 244 g/mol. The maximum absolute atomic E-state index is 11.7. The summed E-state index contributed by atoms with van der Waals surface area (Å²) in [4.78, 5) is 11.7. The lowest BCUT2D eigenvalue weighted by Gasteiger charge is -2.11. The summed E-state index contributed by atoms with van der Waals surface area (Å²) in [6, 6.07) is 16.7. The molecule has 0 atom stereocenters. The Labute approximate surface area is 119 Å². The largest absolute Gasteiger partial charge is 0.298 e. The van der Waals surface area contributed by atoms with Crippen molar-refractivity contribution in [1.29, 1.82) is 0 Å². The van der Waals surface area contributed by atoms with Crippen LogP contribution in [0.15, 0.2) is 48.5 Å². The molecule has 0 aliphatic heterocycles. The van der Waals surface area contributed by atoms with Crippen LogP contribution in [0.5, 0.6) is 0 Å². The van der Waals surface area contributed by atoms with Crippen molar-refractivity contribution >= 4 is 27.8 Å². The Morgan fingerprint density at radius 3 is 2.60 bits per heavy atom. The van der Waals surface area contributed by atoms with E-state index in [1.165, 1.54) is 17.4 Å². The van der Waals surface area contributed by atoms with Crippen LogP contribution in [0, 0.1) is 0 Å². The smallest absolute Gasteiger partial charge is 0.151 e. The summed E-state index contributed by atoms with van der Waals surface area (Å²) in [6.45, 7) is 2.20. The lowest BCUT2D eigenvalue weighted by atomic mass is 9.92. The highest BCUT2D eigenvalue weighted by molar-refractivity contribution is 6.13. The van der Waals surface area contributed by atoms with Gasteiger partial charge in [-0.05, 0) is 46.0 Å². The van der Waals surface area contributed by atoms with Gasteiger partial charge in [0.05, 0.1) is 0 Å². The predicted molar refractivity (Wildman–Crippen MR) is 85.5 cm³/mol. The normalized spacial score (nSPS) is 11.1. The molecule has 1 heteroatoms. The molecule has 0 amide bonds. The van der Waals surface area contributed by atoms with E-state index in [9.17, 15) is 4.79 Å². The van der Waals surface area contributed by atoms with Gasteiger partial charge in [0.1, 0.15) is 0 Å². The minimum atomic E-state index is 0.838. The van der Waals surface area contributed by atoms with Crippen LogP contribution >= 0.6 is 0 Å². The summed E-state index contributed by atoms with van der Waals surface area (Å²) in [6.07, 6.45) is 4.37. The molecule has 1 nitrogen and oxygen atoms in total. The minimum absolute atomic E-state index is 0.838. The molecule has 0 radical (unpaired) electrons. The van der Waals surface area contributed by atoms with Crippen LogP contribution in [0.4, 0.5) is 0 Å². The topological polar surface area (TPSA) is 17.1 Å². The van der Waals surface area contributed by atoms with Crippen molar-refractivity contribution in [2.24, 2.45) is 0 Å². The van der Waals surface area contributed by atoms with E-state index in [1.54, 1.807) is 0 Å². The van der Waals surface area contributed by atoms with Gasteiger partial charge in [-0.2, -0.15) is 0 Å². The van der Waals surface area contributed by atoms with E-state index >= 15 is 0 Å². The summed E-state index contributed by atoms with van der Waals surface area (Å²) < 4.78 is 0. The number of hydrogen-bond acceptors (Lipinski definition) is 1. The molecule has 0 aromatic heterocycles. The highest BCUT2D eigenvalue weighted by atomic mass is 16.1. The third-order valence-electron chi connectivity index (χ3n) is 3.93. The molecule has 0 heterocycles. The van der Waals surface area contributed by atoms with Crippen molar-refractivity contribution < 1.29 is 4.79 Å². The molecule has 0 aliphatic rings. The first-order chi connectivity index (χ1) is 9.85. The van der Waals surface area contributed by atoms with E-state index in [0.717, 1.165) is 40.8 Å². The molecule has 0 bridgehead atoms. The fourth-order valence-corrected chi connectivity index (χ4v) is 2.94. The number of unbranched alkanes of at least 4 members (excludes halogenated alkanes) is 1. The van der Waals surface area contributed by atoms with Gasteiger partial charge in [0.15, 0.2) is 6.29 Å². The van der Waals surface area contributed by atoms with Gasteiger partial charge >= 0.3 is 0 Å². The quantitative estimate of drug-likeness (QED) is 0.469. The van der Waals surface area contributed by atoms with E-state index in [4.69, 9.17) is 0 Å². The molecule has 3 aromatic rings. The average molecular weight is 262 g/mol. The number of fused-ring (bicyclic) bond motifs is 2. The van der Waals surface area contributed by atoms with Crippen molar-refractivity contribution in [3.63, 3.8) is 0 Å². The van der Waals surface area contributed by atoms with Crippen LogP contribution in [-0.2, 0) is 6.42 Å². The minimum Gasteiger partial charge on any atom is -0.298 e. The summed E-state index contributed by atoms with van der Waals surface area (Å²) in [7, 11) is 0. The fourth-order valence-electron chi connectivity index (χ4n) is 2.94. The second-order valence-corrected chi connectivity index (χ2v) is 5.25. The molecule has 0 fully saturated rings. The molecule has 0 unspecified atom stereocenters. The summed E-state index contributed by atoms with van der Waals surface area (Å²) >= 11 is 0. The number of carbonyl (C=O) groups is 1. The van der Waals surface area contributed by atoms with Gasteiger partial charge in [0, 0.05) is 5.56 Å². The Kier molecular flexibility index (Phi) is 3.51. The van der Waals surface area contributed by atoms with E-state index < -0.39 is 0 Å². The van der Waals surface area contributed by atoms with Crippen LogP contribution in [0.1, 0.15) is 35.7 Å². The number of rotatable bonds is 4. The molecule has 0 saturated heterocycles. The number of hydrogen-bond donors (Lipinski definition) is 0. The summed E-state index contributed by atoms with van der Waals surface area (Å²) in [5.74, 6) is 0. The van der Waals surface area contributed by atoms with Crippen molar-refractivity contribution in [3.05, 3.63) is 59.7 Å². The fraction of sp³-hybridized carbons (Fsp3) is 0.211. The van der Waals surface area contributed by atoms with Crippen LogP contribution < -0.4 is 0 Å². The van der Waals surface area contributed by atoms with Crippen LogP contribution in [0.25, 0.3) is 21.5 Å². The van der Waals surface area contributed by atoms with E-state index in [1.807, 2.05) is 18.2 Å². The van der Waals surface area contributed by atoms with Crippen molar-refractivity contribution in [3.8, 4) is 0 Å². The third-order valence-corrected chi connectivity index (χ3v) is 3.93. The van der Waals surface area contributed by atoms with Crippen LogP contribution in [0.3, 0.4) is 0 Å². The van der Waals surface area contributed by atoms with Crippen LogP contribution in [-0.4, -0.2) is 6.29 Å². The lowest BCUT2D eigenvalue weighted by Crippen LogP contribution is -1.93. The van der Waals surface area contributed by atoms with Crippen molar-refractivity contribution in [2.75, 3.05) is 0 Å². The summed E-state index contributed by atoms with van der Waals surface area (Å²) in [5.41, 5.74) is 2.13. The van der Waals surface area contributed by atoms with Gasteiger partial charge < -0.3 is 0 Å². The molecule has 100 valence electrons. The highest BCUT2D eigenvalue weighted by Gasteiger charge is 2.10. The standard InChI is InChI=1S/C19H18O/c1-2-3-7-14-9-6-10-16-12-15-8-4-5-11-17(15)18(13-20)19(14)16/h4-6,8-13H,2-3,7H2,1H3. The molecular formula is C19H18O. The lowest BCUT2D eigenvalue weighted by molar-refractivity contribution is 0.112. The Morgan fingerprint density at radius 2 is 1.80 bits per heavy atom. The zero-order valence-corrected chi connectivity index (χ0v) is 11.7. The first-order valence-electron chi connectivity index (χ1n) is 7.23. The highest BCUT2D eigenvalue weighted by Crippen LogP contribution is 2.30. The zero-order valence-electron chi connectivity index (χ0n) is 11.7. The van der Waals surface area contributed by atoms with Gasteiger partial charge in [-0.15, -0.1) is 0 Å². The van der Waals surface area contributed by atoms with E-state index in [2.05, 4.69) is 37.3 Å². The van der Waals surface area contributed by atoms with E-state index in [-0.39, 0.29) is 0 Å². The molecule has 0 spiro atoms. The maximum Gasteiger partial charge on any atom is 0.151 e. The molecule has 3 aromatic carbocycles. The van der Waals surface area contributed by atoms with Gasteiger partial charge in [-0.25, -0.2) is 0 Å². The summed E-state index contributed by atoms with van der Waals surface area (Å²) in [5, 5.41) is 4.49. The Morgan fingerprint density at radius 1 is 1.00 bits per heavy atom. The molecule has 0 aliphatic carbocycles. The second-order valence-electron chi connectivity index (χ2n) is 5.25. The van der Waals surface area contributed by atoms with Gasteiger partial charge in [-0.1, -0.05) is 55.8 Å². The van der Waals surface area contributed by atoms with Gasteiger partial charge in [-0.3, -0.25) is 4.79 Å². The zero-order chi connectivity index (χ0) is 13.9. The number of aldehydes is 1. The maximum atomic E-state index is 11.7. The van der Waals surface area contributed by atoms with Crippen LogP contribution in [0.2, 0.25) is 0 Å². The Balaban J connectivity index is 2.38. The first-order valence-corrected chi connectivity index (χ1v) is 7.23. The molecule has 20 heavy (non-hydrogen) atoms. The number of carbonyl (C=O) groups excluding carboxylic acids is 1. The third kappa shape index (κ3) is 2.09. The van der Waals surface area contributed by atoms with Crippen molar-refractivity contribution in [2.45, 2.75) is 26.2 Å². The number of aryl methyl sites for hydroxylation is 1.